The van der Waals surface area contributed by atoms with E-state index in [-0.39, 0.29) is 0 Å². The topological polar surface area (TPSA) is 18.5 Å². The van der Waals surface area contributed by atoms with Crippen molar-refractivity contribution in [3.8, 4) is 0 Å². The summed E-state index contributed by atoms with van der Waals surface area (Å²) < 4.78 is 12.4. The van der Waals surface area contributed by atoms with Gasteiger partial charge < -0.3 is 9.47 Å². The highest BCUT2D eigenvalue weighted by Crippen LogP contribution is 2.32. The molecule has 2 saturated carbocycles. The van der Waals surface area contributed by atoms with Gasteiger partial charge in [-0.1, -0.05) is 22.6 Å². The molecule has 0 heterocycles. The van der Waals surface area contributed by atoms with E-state index in [0.717, 1.165) is 10.3 Å². The smallest absolute Gasteiger partial charge is 0.0696 e. The largest absolute Gasteiger partial charge is 0.381 e. The van der Waals surface area contributed by atoms with Crippen LogP contribution in [0.25, 0.3) is 0 Å². The molecule has 0 aliphatic heterocycles. The molecule has 88 valence electrons. The van der Waals surface area contributed by atoms with Gasteiger partial charge in [0.05, 0.1) is 18.3 Å². The predicted octanol–water partition coefficient (Wildman–Crippen LogP) is 3.32. The van der Waals surface area contributed by atoms with E-state index >= 15 is 0 Å². The lowest BCUT2D eigenvalue weighted by Crippen LogP contribution is -2.32. The molecule has 0 spiro atoms. The summed E-state index contributed by atoms with van der Waals surface area (Å²) >= 11 is 2.55. The fraction of sp³-hybridized carbons (Fsp3) is 1.00. The molecule has 0 aromatic heterocycles. The maximum Gasteiger partial charge on any atom is 0.0696 e. The van der Waals surface area contributed by atoms with Crippen molar-refractivity contribution in [2.75, 3.05) is 7.11 Å². The minimum atomic E-state index is 0.442. The highest BCUT2D eigenvalue weighted by Gasteiger charge is 2.30. The first-order valence-electron chi connectivity index (χ1n) is 6.12. The van der Waals surface area contributed by atoms with Gasteiger partial charge in [-0.15, -0.1) is 0 Å². The van der Waals surface area contributed by atoms with Crippen LogP contribution < -0.4 is 0 Å². The average molecular weight is 324 g/mol. The first kappa shape index (κ1) is 12.1. The molecule has 15 heavy (non-hydrogen) atoms. The average Bonchev–Trinajstić information content (AvgIpc) is 2.65. The highest BCUT2D eigenvalue weighted by molar-refractivity contribution is 14.1. The molecule has 2 aliphatic rings. The van der Waals surface area contributed by atoms with Gasteiger partial charge in [0.2, 0.25) is 0 Å². The van der Waals surface area contributed by atoms with Crippen molar-refractivity contribution in [3.05, 3.63) is 0 Å². The molecule has 0 aromatic carbocycles. The minimum Gasteiger partial charge on any atom is -0.381 e. The lowest BCUT2D eigenvalue weighted by Gasteiger charge is -2.31. The minimum absolute atomic E-state index is 0.442. The second kappa shape index (κ2) is 5.82. The lowest BCUT2D eigenvalue weighted by molar-refractivity contribution is -0.0595. The monoisotopic (exact) mass is 324 g/mol. The Bertz CT molecular complexity index is 198. The Morgan fingerprint density at radius 3 is 2.40 bits per heavy atom. The molecule has 0 N–H and O–H groups in total. The van der Waals surface area contributed by atoms with Crippen molar-refractivity contribution in [2.45, 2.75) is 67.2 Å². The number of hydrogen-bond acceptors (Lipinski definition) is 2. The Kier molecular flexibility index (Phi) is 4.70. The van der Waals surface area contributed by atoms with Crippen LogP contribution in [0.5, 0.6) is 0 Å². The second-order valence-electron chi connectivity index (χ2n) is 4.77. The summed E-state index contributed by atoms with van der Waals surface area (Å²) in [5.74, 6) is 0. The van der Waals surface area contributed by atoms with E-state index in [2.05, 4.69) is 22.6 Å². The molecule has 4 atom stereocenters. The van der Waals surface area contributed by atoms with Crippen LogP contribution in [0.3, 0.4) is 0 Å². The summed E-state index contributed by atoms with van der Waals surface area (Å²) in [5.41, 5.74) is 0. The molecule has 0 bridgehead atoms. The molecule has 0 radical (unpaired) electrons. The summed E-state index contributed by atoms with van der Waals surface area (Å²) in [6.07, 6.45) is 10.2. The van der Waals surface area contributed by atoms with Crippen LogP contribution in [-0.4, -0.2) is 29.3 Å². The maximum atomic E-state index is 6.21. The van der Waals surface area contributed by atoms with Gasteiger partial charge in [0.15, 0.2) is 0 Å². The molecule has 2 aliphatic carbocycles. The molecule has 3 heteroatoms. The Morgan fingerprint density at radius 2 is 1.73 bits per heavy atom. The van der Waals surface area contributed by atoms with Crippen LogP contribution in [-0.2, 0) is 9.47 Å². The lowest BCUT2D eigenvalue weighted by atomic mass is 9.94. The quantitative estimate of drug-likeness (QED) is 0.586. The van der Waals surface area contributed by atoms with E-state index in [9.17, 15) is 0 Å². The first-order chi connectivity index (χ1) is 7.29. The predicted molar refractivity (Wildman–Crippen MR) is 69.6 cm³/mol. The third kappa shape index (κ3) is 3.30. The molecule has 2 nitrogen and oxygen atoms in total. The summed E-state index contributed by atoms with van der Waals surface area (Å²) in [5, 5.41) is 0. The van der Waals surface area contributed by atoms with E-state index in [1.807, 2.05) is 7.11 Å². The molecule has 2 rings (SSSR count). The van der Waals surface area contributed by atoms with Crippen LogP contribution in [0.1, 0.15) is 44.9 Å². The third-order valence-corrected chi connectivity index (χ3v) is 5.08. The van der Waals surface area contributed by atoms with Gasteiger partial charge in [0.1, 0.15) is 0 Å². The number of rotatable bonds is 3. The van der Waals surface area contributed by atoms with Crippen LogP contribution in [0.15, 0.2) is 0 Å². The van der Waals surface area contributed by atoms with Gasteiger partial charge in [0.25, 0.3) is 0 Å². The Hall–Kier alpha value is 0.650. The summed E-state index contributed by atoms with van der Waals surface area (Å²) in [6, 6.07) is 0. The van der Waals surface area contributed by atoms with E-state index in [0.29, 0.717) is 18.3 Å². The number of methoxy groups -OCH3 is 1. The first-order valence-corrected chi connectivity index (χ1v) is 7.36. The van der Waals surface area contributed by atoms with Gasteiger partial charge in [-0.25, -0.2) is 0 Å². The van der Waals surface area contributed by atoms with E-state index in [1.54, 1.807) is 0 Å². The number of halogens is 1. The maximum absolute atomic E-state index is 6.21. The van der Waals surface area contributed by atoms with Gasteiger partial charge >= 0.3 is 0 Å². The third-order valence-electron chi connectivity index (χ3n) is 3.65. The second-order valence-corrected chi connectivity index (χ2v) is 6.37. The number of ether oxygens (including phenoxy) is 2. The molecular weight excluding hydrogens is 303 g/mol. The summed E-state index contributed by atoms with van der Waals surface area (Å²) in [6.45, 7) is 0. The van der Waals surface area contributed by atoms with Crippen molar-refractivity contribution in [3.63, 3.8) is 0 Å². The fourth-order valence-electron chi connectivity index (χ4n) is 2.72. The van der Waals surface area contributed by atoms with E-state index in [4.69, 9.17) is 9.47 Å². The SMILES string of the molecule is COC1CCCC(OC2CCCC2I)C1. The molecule has 0 aromatic rings. The number of alkyl halides is 1. The van der Waals surface area contributed by atoms with Crippen LogP contribution >= 0.6 is 22.6 Å². The zero-order valence-corrected chi connectivity index (χ0v) is 11.6. The van der Waals surface area contributed by atoms with E-state index < -0.39 is 0 Å². The van der Waals surface area contributed by atoms with Gasteiger partial charge in [-0.3, -0.25) is 0 Å². The van der Waals surface area contributed by atoms with Crippen molar-refractivity contribution in [1.82, 2.24) is 0 Å². The normalized spacial score (nSPS) is 42.0. The van der Waals surface area contributed by atoms with Crippen molar-refractivity contribution in [1.29, 1.82) is 0 Å². The fourth-order valence-corrected chi connectivity index (χ4v) is 3.69. The standard InChI is InChI=1S/C12H21IO2/c1-14-9-4-2-5-10(8-9)15-12-7-3-6-11(12)13/h9-12H,2-8H2,1H3. The highest BCUT2D eigenvalue weighted by atomic mass is 127. The summed E-state index contributed by atoms with van der Waals surface area (Å²) in [4.78, 5) is 0. The molecular formula is C12H21IO2. The summed E-state index contributed by atoms with van der Waals surface area (Å²) in [7, 11) is 1.82. The van der Waals surface area contributed by atoms with Crippen LogP contribution in [0.4, 0.5) is 0 Å². The van der Waals surface area contributed by atoms with Crippen LogP contribution in [0.2, 0.25) is 0 Å². The van der Waals surface area contributed by atoms with Crippen molar-refractivity contribution < 1.29 is 9.47 Å². The van der Waals surface area contributed by atoms with Gasteiger partial charge in [-0.2, -0.15) is 0 Å². The Labute approximate surface area is 106 Å². The molecule has 0 amide bonds. The van der Waals surface area contributed by atoms with E-state index in [1.165, 1.54) is 38.5 Å². The van der Waals surface area contributed by atoms with Gasteiger partial charge in [-0.05, 0) is 44.9 Å². The zero-order chi connectivity index (χ0) is 10.7. The van der Waals surface area contributed by atoms with Crippen LogP contribution in [0, 0.1) is 0 Å². The van der Waals surface area contributed by atoms with Crippen molar-refractivity contribution >= 4 is 22.6 Å². The Morgan fingerprint density at radius 1 is 1.00 bits per heavy atom. The molecule has 4 unspecified atom stereocenters. The Balaban J connectivity index is 1.78. The molecule has 2 fully saturated rings. The van der Waals surface area contributed by atoms with Crippen molar-refractivity contribution in [2.24, 2.45) is 0 Å². The number of hydrogen-bond donors (Lipinski definition) is 0. The van der Waals surface area contributed by atoms with Gasteiger partial charge in [0, 0.05) is 11.0 Å². The molecule has 0 saturated heterocycles. The zero-order valence-electron chi connectivity index (χ0n) is 9.45.